The van der Waals surface area contributed by atoms with E-state index < -0.39 is 11.6 Å². The fourth-order valence-electron chi connectivity index (χ4n) is 2.59. The second kappa shape index (κ2) is 6.08. The van der Waals surface area contributed by atoms with E-state index in [1.54, 1.807) is 31.4 Å². The molecule has 0 unspecified atom stereocenters. The van der Waals surface area contributed by atoms with Crippen molar-refractivity contribution in [3.8, 4) is 11.5 Å². The molecule has 0 aliphatic carbocycles. The van der Waals surface area contributed by atoms with Gasteiger partial charge in [0.2, 0.25) is 0 Å². The van der Waals surface area contributed by atoms with Crippen molar-refractivity contribution in [3.63, 3.8) is 0 Å². The first-order valence-corrected chi connectivity index (χ1v) is 7.09. The number of benzene rings is 3. The predicted molar refractivity (Wildman–Crippen MR) is 86.9 cm³/mol. The van der Waals surface area contributed by atoms with Gasteiger partial charge in [-0.3, -0.25) is 4.79 Å². The van der Waals surface area contributed by atoms with Gasteiger partial charge in [-0.1, -0.05) is 24.3 Å². The van der Waals surface area contributed by atoms with Gasteiger partial charge in [0.15, 0.2) is 5.78 Å². The summed E-state index contributed by atoms with van der Waals surface area (Å²) in [6.45, 7) is 0. The zero-order chi connectivity index (χ0) is 16.4. The molecule has 4 heteroatoms. The first kappa shape index (κ1) is 15.0. The number of rotatable bonds is 4. The van der Waals surface area contributed by atoms with Crippen LogP contribution in [0.25, 0.3) is 10.8 Å². The second-order valence-electron chi connectivity index (χ2n) is 5.04. The monoisotopic (exact) mass is 310 g/mol. The van der Waals surface area contributed by atoms with Crippen molar-refractivity contribution in [1.82, 2.24) is 0 Å². The third-order valence-corrected chi connectivity index (χ3v) is 3.76. The van der Waals surface area contributed by atoms with Gasteiger partial charge in [-0.2, -0.15) is 0 Å². The van der Waals surface area contributed by atoms with E-state index in [0.29, 0.717) is 22.4 Å². The van der Waals surface area contributed by atoms with E-state index in [-0.39, 0.29) is 5.56 Å². The molecule has 0 atom stereocenters. The first-order chi connectivity index (χ1) is 11.2. The maximum absolute atomic E-state index is 14.0. The van der Waals surface area contributed by atoms with Gasteiger partial charge in [-0.25, -0.2) is 4.39 Å². The Balaban J connectivity index is 2.29. The van der Waals surface area contributed by atoms with Crippen molar-refractivity contribution in [1.29, 1.82) is 0 Å². The minimum absolute atomic E-state index is 0.0149. The third kappa shape index (κ3) is 2.63. The minimum atomic E-state index is -0.556. The van der Waals surface area contributed by atoms with Crippen molar-refractivity contribution >= 4 is 16.6 Å². The number of hydrogen-bond donors (Lipinski definition) is 0. The molecule has 0 aromatic heterocycles. The Hall–Kier alpha value is -2.88. The van der Waals surface area contributed by atoms with E-state index in [4.69, 9.17) is 9.47 Å². The summed E-state index contributed by atoms with van der Waals surface area (Å²) in [4.78, 5) is 12.9. The van der Waals surface area contributed by atoms with Crippen LogP contribution in [0.5, 0.6) is 11.5 Å². The Morgan fingerprint density at radius 3 is 2.39 bits per heavy atom. The van der Waals surface area contributed by atoms with Gasteiger partial charge in [-0.05, 0) is 35.7 Å². The lowest BCUT2D eigenvalue weighted by Crippen LogP contribution is -2.07. The molecule has 0 amide bonds. The molecule has 0 saturated heterocycles. The number of ketones is 1. The molecule has 116 valence electrons. The third-order valence-electron chi connectivity index (χ3n) is 3.76. The summed E-state index contributed by atoms with van der Waals surface area (Å²) in [5, 5.41) is 1.52. The number of carbonyl (C=O) groups is 1. The van der Waals surface area contributed by atoms with Crippen LogP contribution in [0, 0.1) is 5.82 Å². The molecule has 0 aliphatic heterocycles. The maximum Gasteiger partial charge on any atom is 0.200 e. The maximum atomic E-state index is 14.0. The van der Waals surface area contributed by atoms with Gasteiger partial charge < -0.3 is 9.47 Å². The fraction of sp³-hybridized carbons (Fsp3) is 0.105. The van der Waals surface area contributed by atoms with Crippen LogP contribution in [0.15, 0.2) is 54.6 Å². The molecule has 0 heterocycles. The Morgan fingerprint density at radius 2 is 1.70 bits per heavy atom. The van der Waals surface area contributed by atoms with Crippen LogP contribution in [0.3, 0.4) is 0 Å². The summed E-state index contributed by atoms with van der Waals surface area (Å²) in [5.41, 5.74) is 0.343. The quantitative estimate of drug-likeness (QED) is 0.677. The van der Waals surface area contributed by atoms with Gasteiger partial charge in [0.05, 0.1) is 25.3 Å². The zero-order valence-electron chi connectivity index (χ0n) is 12.8. The van der Waals surface area contributed by atoms with Gasteiger partial charge in [0, 0.05) is 5.39 Å². The Kier molecular flexibility index (Phi) is 3.98. The fourth-order valence-corrected chi connectivity index (χ4v) is 2.59. The number of fused-ring (bicyclic) bond motifs is 1. The summed E-state index contributed by atoms with van der Waals surface area (Å²) in [7, 11) is 3.04. The summed E-state index contributed by atoms with van der Waals surface area (Å²) in [6, 6.07) is 14.9. The molecule has 3 rings (SSSR count). The molecule has 0 saturated carbocycles. The van der Waals surface area contributed by atoms with Crippen molar-refractivity contribution < 1.29 is 18.7 Å². The first-order valence-electron chi connectivity index (χ1n) is 7.09. The number of ether oxygens (including phenoxy) is 2. The summed E-state index contributed by atoms with van der Waals surface area (Å²) >= 11 is 0. The van der Waals surface area contributed by atoms with Crippen molar-refractivity contribution in [2.24, 2.45) is 0 Å². The predicted octanol–water partition coefficient (Wildman–Crippen LogP) is 4.23. The molecular formula is C19H15FO3. The minimum Gasteiger partial charge on any atom is -0.497 e. The molecular weight excluding hydrogens is 295 g/mol. The molecule has 0 aliphatic rings. The average molecular weight is 310 g/mol. The normalized spacial score (nSPS) is 10.6. The summed E-state index contributed by atoms with van der Waals surface area (Å²) < 4.78 is 24.6. The van der Waals surface area contributed by atoms with Crippen LogP contribution in [0.1, 0.15) is 15.9 Å². The molecule has 0 N–H and O–H groups in total. The lowest BCUT2D eigenvalue weighted by Gasteiger charge is -2.12. The highest BCUT2D eigenvalue weighted by Crippen LogP contribution is 2.32. The standard InChI is InChI=1S/C19H15FO3/c1-22-13-9-7-12-8-10-17(23-2)18(15(12)11-13)19(21)14-5-3-4-6-16(14)20/h3-11H,1-2H3. The van der Waals surface area contributed by atoms with E-state index in [0.717, 1.165) is 5.39 Å². The molecule has 0 bridgehead atoms. The van der Waals surface area contributed by atoms with E-state index in [2.05, 4.69) is 0 Å². The Labute approximate surface area is 133 Å². The highest BCUT2D eigenvalue weighted by Gasteiger charge is 2.21. The van der Waals surface area contributed by atoms with Crippen LogP contribution in [0.2, 0.25) is 0 Å². The van der Waals surface area contributed by atoms with Gasteiger partial charge in [0.1, 0.15) is 17.3 Å². The van der Waals surface area contributed by atoms with Gasteiger partial charge in [-0.15, -0.1) is 0 Å². The summed E-state index contributed by atoms with van der Waals surface area (Å²) in [5.74, 6) is 0.0469. The van der Waals surface area contributed by atoms with Gasteiger partial charge in [0.25, 0.3) is 0 Å². The molecule has 3 nitrogen and oxygen atoms in total. The van der Waals surface area contributed by atoms with Crippen LogP contribution < -0.4 is 9.47 Å². The molecule has 23 heavy (non-hydrogen) atoms. The molecule has 3 aromatic rings. The van der Waals surface area contributed by atoms with E-state index in [9.17, 15) is 9.18 Å². The van der Waals surface area contributed by atoms with Gasteiger partial charge >= 0.3 is 0 Å². The van der Waals surface area contributed by atoms with Crippen LogP contribution >= 0.6 is 0 Å². The van der Waals surface area contributed by atoms with Crippen molar-refractivity contribution in [2.45, 2.75) is 0 Å². The largest absolute Gasteiger partial charge is 0.497 e. The molecule has 0 spiro atoms. The molecule has 3 aromatic carbocycles. The van der Waals surface area contributed by atoms with E-state index in [1.807, 2.05) is 18.2 Å². The summed E-state index contributed by atoms with van der Waals surface area (Å²) in [6.07, 6.45) is 0. The number of hydrogen-bond acceptors (Lipinski definition) is 3. The highest BCUT2D eigenvalue weighted by molar-refractivity contribution is 6.18. The lowest BCUT2D eigenvalue weighted by atomic mass is 9.95. The van der Waals surface area contributed by atoms with Crippen LogP contribution in [-0.4, -0.2) is 20.0 Å². The Bertz CT molecular complexity index is 882. The zero-order valence-corrected chi connectivity index (χ0v) is 12.8. The number of carbonyl (C=O) groups excluding carboxylic acids is 1. The van der Waals surface area contributed by atoms with Crippen molar-refractivity contribution in [2.75, 3.05) is 14.2 Å². The number of halogens is 1. The van der Waals surface area contributed by atoms with Crippen LogP contribution in [0.4, 0.5) is 4.39 Å². The van der Waals surface area contributed by atoms with E-state index >= 15 is 0 Å². The smallest absolute Gasteiger partial charge is 0.200 e. The Morgan fingerprint density at radius 1 is 0.957 bits per heavy atom. The molecule has 0 radical (unpaired) electrons. The average Bonchev–Trinajstić information content (AvgIpc) is 2.60. The number of methoxy groups -OCH3 is 2. The SMILES string of the molecule is COc1ccc2ccc(OC)c(C(=O)c3ccccc3F)c2c1. The second-order valence-corrected chi connectivity index (χ2v) is 5.04. The van der Waals surface area contributed by atoms with E-state index in [1.165, 1.54) is 19.2 Å². The molecule has 0 fully saturated rings. The van der Waals surface area contributed by atoms with Crippen molar-refractivity contribution in [3.05, 3.63) is 71.5 Å². The van der Waals surface area contributed by atoms with Crippen LogP contribution in [-0.2, 0) is 0 Å². The highest BCUT2D eigenvalue weighted by atomic mass is 19.1. The lowest BCUT2D eigenvalue weighted by molar-refractivity contribution is 0.103. The topological polar surface area (TPSA) is 35.5 Å².